The fourth-order valence-corrected chi connectivity index (χ4v) is 1.10. The van der Waals surface area contributed by atoms with Gasteiger partial charge < -0.3 is 9.47 Å². The van der Waals surface area contributed by atoms with Crippen LogP contribution in [0.1, 0.15) is 26.2 Å². The standard InChI is InChI=1S/C9H16O2/c1-2-3-7-10-9-6-4-5-8-11-9/h2-3,9H,4-8H2,1H3/b3-2-. The second-order valence-electron chi connectivity index (χ2n) is 2.70. The Bertz CT molecular complexity index is 115. The lowest BCUT2D eigenvalue weighted by molar-refractivity contribution is -0.155. The summed E-state index contributed by atoms with van der Waals surface area (Å²) in [4.78, 5) is 0. The molecule has 1 aliphatic heterocycles. The van der Waals surface area contributed by atoms with E-state index < -0.39 is 0 Å². The van der Waals surface area contributed by atoms with Crippen LogP contribution in [0.25, 0.3) is 0 Å². The second kappa shape index (κ2) is 5.33. The van der Waals surface area contributed by atoms with Crippen molar-refractivity contribution in [3.05, 3.63) is 12.2 Å². The molecule has 0 aromatic rings. The summed E-state index contributed by atoms with van der Waals surface area (Å²) in [5.41, 5.74) is 0. The minimum atomic E-state index is 0.0555. The summed E-state index contributed by atoms with van der Waals surface area (Å²) in [7, 11) is 0. The molecule has 0 spiro atoms. The third kappa shape index (κ3) is 3.54. The van der Waals surface area contributed by atoms with Crippen LogP contribution in [0.2, 0.25) is 0 Å². The van der Waals surface area contributed by atoms with Crippen LogP contribution < -0.4 is 0 Å². The van der Waals surface area contributed by atoms with Crippen molar-refractivity contribution in [2.45, 2.75) is 32.5 Å². The summed E-state index contributed by atoms with van der Waals surface area (Å²) < 4.78 is 10.8. The van der Waals surface area contributed by atoms with Gasteiger partial charge in [0.15, 0.2) is 6.29 Å². The van der Waals surface area contributed by atoms with E-state index in [1.54, 1.807) is 0 Å². The summed E-state index contributed by atoms with van der Waals surface area (Å²) in [5, 5.41) is 0. The lowest BCUT2D eigenvalue weighted by Crippen LogP contribution is -2.22. The van der Waals surface area contributed by atoms with Crippen molar-refractivity contribution < 1.29 is 9.47 Å². The van der Waals surface area contributed by atoms with Crippen molar-refractivity contribution in [1.29, 1.82) is 0 Å². The molecule has 0 N–H and O–H groups in total. The maximum atomic E-state index is 5.41. The number of hydrogen-bond donors (Lipinski definition) is 0. The monoisotopic (exact) mass is 156 g/mol. The summed E-state index contributed by atoms with van der Waals surface area (Å²) in [6.45, 7) is 3.53. The van der Waals surface area contributed by atoms with Gasteiger partial charge in [0.2, 0.25) is 0 Å². The first kappa shape index (κ1) is 8.75. The van der Waals surface area contributed by atoms with Gasteiger partial charge in [-0.3, -0.25) is 0 Å². The van der Waals surface area contributed by atoms with Crippen LogP contribution in [0.3, 0.4) is 0 Å². The van der Waals surface area contributed by atoms with E-state index in [4.69, 9.17) is 9.47 Å². The van der Waals surface area contributed by atoms with Gasteiger partial charge in [-0.1, -0.05) is 12.2 Å². The third-order valence-electron chi connectivity index (χ3n) is 1.75. The topological polar surface area (TPSA) is 18.5 Å². The lowest BCUT2D eigenvalue weighted by atomic mass is 10.2. The number of allylic oxidation sites excluding steroid dienone is 1. The van der Waals surface area contributed by atoms with Crippen molar-refractivity contribution in [1.82, 2.24) is 0 Å². The minimum absolute atomic E-state index is 0.0555. The molecule has 1 atom stereocenters. The number of ether oxygens (including phenoxy) is 2. The van der Waals surface area contributed by atoms with E-state index in [2.05, 4.69) is 0 Å². The zero-order chi connectivity index (χ0) is 7.94. The average Bonchev–Trinajstić information content (AvgIpc) is 2.07. The highest BCUT2D eigenvalue weighted by molar-refractivity contribution is 4.76. The Balaban J connectivity index is 2.04. The van der Waals surface area contributed by atoms with Gasteiger partial charge in [0.1, 0.15) is 0 Å². The van der Waals surface area contributed by atoms with Crippen LogP contribution in [0, 0.1) is 0 Å². The molecular weight excluding hydrogens is 140 g/mol. The molecule has 1 saturated heterocycles. The summed E-state index contributed by atoms with van der Waals surface area (Å²) >= 11 is 0. The van der Waals surface area contributed by atoms with E-state index in [1.165, 1.54) is 12.8 Å². The molecule has 2 heteroatoms. The van der Waals surface area contributed by atoms with Crippen LogP contribution in [0.15, 0.2) is 12.2 Å². The predicted molar refractivity (Wildman–Crippen MR) is 44.4 cm³/mol. The van der Waals surface area contributed by atoms with Gasteiger partial charge in [0.25, 0.3) is 0 Å². The first-order valence-corrected chi connectivity index (χ1v) is 4.28. The minimum Gasteiger partial charge on any atom is -0.353 e. The summed E-state index contributed by atoms with van der Waals surface area (Å²) in [5.74, 6) is 0. The highest BCUT2D eigenvalue weighted by Crippen LogP contribution is 2.13. The zero-order valence-corrected chi connectivity index (χ0v) is 7.08. The van der Waals surface area contributed by atoms with Gasteiger partial charge in [0, 0.05) is 6.61 Å². The molecule has 0 aromatic carbocycles. The van der Waals surface area contributed by atoms with Gasteiger partial charge in [-0.25, -0.2) is 0 Å². The van der Waals surface area contributed by atoms with E-state index in [0.717, 1.165) is 13.0 Å². The van der Waals surface area contributed by atoms with E-state index in [9.17, 15) is 0 Å². The van der Waals surface area contributed by atoms with Crippen LogP contribution >= 0.6 is 0 Å². The van der Waals surface area contributed by atoms with Gasteiger partial charge in [-0.2, -0.15) is 0 Å². The lowest BCUT2D eigenvalue weighted by Gasteiger charge is -2.21. The first-order chi connectivity index (χ1) is 5.43. The molecule has 1 unspecified atom stereocenters. The number of hydrogen-bond acceptors (Lipinski definition) is 2. The second-order valence-corrected chi connectivity index (χ2v) is 2.70. The molecule has 0 aromatic heterocycles. The van der Waals surface area contributed by atoms with Crippen molar-refractivity contribution in [3.63, 3.8) is 0 Å². The summed E-state index contributed by atoms with van der Waals surface area (Å²) in [6.07, 6.45) is 7.52. The molecule has 0 amide bonds. The molecule has 0 bridgehead atoms. The Kier molecular flexibility index (Phi) is 4.24. The third-order valence-corrected chi connectivity index (χ3v) is 1.75. The molecule has 0 aliphatic carbocycles. The van der Waals surface area contributed by atoms with Crippen molar-refractivity contribution in [2.24, 2.45) is 0 Å². The van der Waals surface area contributed by atoms with Gasteiger partial charge in [-0.05, 0) is 26.2 Å². The Hall–Kier alpha value is -0.340. The van der Waals surface area contributed by atoms with Crippen LogP contribution in [0.5, 0.6) is 0 Å². The highest BCUT2D eigenvalue weighted by atomic mass is 16.7. The maximum absolute atomic E-state index is 5.41. The first-order valence-electron chi connectivity index (χ1n) is 4.28. The van der Waals surface area contributed by atoms with Crippen LogP contribution in [-0.4, -0.2) is 19.5 Å². The largest absolute Gasteiger partial charge is 0.353 e. The van der Waals surface area contributed by atoms with Gasteiger partial charge >= 0.3 is 0 Å². The van der Waals surface area contributed by atoms with Crippen LogP contribution in [0.4, 0.5) is 0 Å². The normalized spacial score (nSPS) is 26.1. The maximum Gasteiger partial charge on any atom is 0.157 e. The van der Waals surface area contributed by atoms with E-state index in [-0.39, 0.29) is 6.29 Å². The quantitative estimate of drug-likeness (QED) is 0.582. The Morgan fingerprint density at radius 2 is 2.45 bits per heavy atom. The Morgan fingerprint density at radius 3 is 3.09 bits per heavy atom. The molecule has 1 rings (SSSR count). The average molecular weight is 156 g/mol. The van der Waals surface area contributed by atoms with Gasteiger partial charge in [0.05, 0.1) is 6.61 Å². The van der Waals surface area contributed by atoms with Crippen molar-refractivity contribution in [2.75, 3.05) is 13.2 Å². The fraction of sp³-hybridized carbons (Fsp3) is 0.778. The van der Waals surface area contributed by atoms with E-state index >= 15 is 0 Å². The smallest absolute Gasteiger partial charge is 0.157 e. The predicted octanol–water partition coefficient (Wildman–Crippen LogP) is 2.11. The Morgan fingerprint density at radius 1 is 1.55 bits per heavy atom. The molecule has 11 heavy (non-hydrogen) atoms. The van der Waals surface area contributed by atoms with E-state index in [0.29, 0.717) is 6.61 Å². The molecule has 64 valence electrons. The fourth-order valence-electron chi connectivity index (χ4n) is 1.10. The molecule has 2 nitrogen and oxygen atoms in total. The molecule has 0 radical (unpaired) electrons. The molecule has 0 saturated carbocycles. The van der Waals surface area contributed by atoms with Crippen LogP contribution in [-0.2, 0) is 9.47 Å². The molecule has 1 fully saturated rings. The molecular formula is C9H16O2. The van der Waals surface area contributed by atoms with Crippen molar-refractivity contribution >= 4 is 0 Å². The highest BCUT2D eigenvalue weighted by Gasteiger charge is 2.12. The molecule has 1 aliphatic rings. The van der Waals surface area contributed by atoms with Crippen molar-refractivity contribution in [3.8, 4) is 0 Å². The SMILES string of the molecule is C/C=C\COC1CCCCO1. The Labute approximate surface area is 68.2 Å². The molecule has 1 heterocycles. The summed E-state index contributed by atoms with van der Waals surface area (Å²) in [6, 6.07) is 0. The zero-order valence-electron chi connectivity index (χ0n) is 7.08. The number of rotatable bonds is 3. The van der Waals surface area contributed by atoms with E-state index in [1.807, 2.05) is 19.1 Å². The van der Waals surface area contributed by atoms with Gasteiger partial charge in [-0.15, -0.1) is 0 Å².